The lowest BCUT2D eigenvalue weighted by Gasteiger charge is -2.02. The fourth-order valence-electron chi connectivity index (χ4n) is 2.34. The van der Waals surface area contributed by atoms with Crippen LogP contribution in [0.1, 0.15) is 23.1 Å². The average molecular weight is 367 g/mol. The second kappa shape index (κ2) is 8.19. The Morgan fingerprint density at radius 2 is 1.81 bits per heavy atom. The van der Waals surface area contributed by atoms with Crippen molar-refractivity contribution in [3.05, 3.63) is 59.2 Å². The fourth-order valence-corrected chi connectivity index (χ4v) is 3.19. The van der Waals surface area contributed by atoms with E-state index < -0.39 is 0 Å². The molecule has 0 fully saturated rings. The standard InChI is InChI=1S/C20H21N3O2S/c1-13-4-8-17(9-5-13)26-11-10-18(24)21-20-23-22-19(25-20)16-7-6-14(2)15(3)12-16/h4-9,12H,10-11H2,1-3H3,(H,21,23,24). The molecule has 1 heterocycles. The molecule has 3 aromatic rings. The van der Waals surface area contributed by atoms with Crippen molar-refractivity contribution in [2.75, 3.05) is 11.1 Å². The molecule has 0 unspecified atom stereocenters. The number of thioether (sulfide) groups is 1. The molecule has 0 aliphatic heterocycles. The van der Waals surface area contributed by atoms with Crippen molar-refractivity contribution in [1.82, 2.24) is 10.2 Å². The highest BCUT2D eigenvalue weighted by Crippen LogP contribution is 2.23. The maximum absolute atomic E-state index is 12.0. The van der Waals surface area contributed by atoms with Crippen LogP contribution < -0.4 is 5.32 Å². The van der Waals surface area contributed by atoms with Crippen LogP contribution in [0.2, 0.25) is 0 Å². The van der Waals surface area contributed by atoms with E-state index in [2.05, 4.69) is 46.7 Å². The van der Waals surface area contributed by atoms with Crippen LogP contribution in [0.4, 0.5) is 6.01 Å². The van der Waals surface area contributed by atoms with Gasteiger partial charge in [0.05, 0.1) is 0 Å². The van der Waals surface area contributed by atoms with Gasteiger partial charge in [-0.15, -0.1) is 16.9 Å². The average Bonchev–Trinajstić information content (AvgIpc) is 3.07. The molecule has 0 saturated carbocycles. The third kappa shape index (κ3) is 4.73. The van der Waals surface area contributed by atoms with Crippen LogP contribution in [0.25, 0.3) is 11.5 Å². The molecule has 3 rings (SSSR count). The predicted molar refractivity (Wildman–Crippen MR) is 104 cm³/mol. The van der Waals surface area contributed by atoms with Crippen LogP contribution >= 0.6 is 11.8 Å². The summed E-state index contributed by atoms with van der Waals surface area (Å²) in [6.45, 7) is 6.13. The summed E-state index contributed by atoms with van der Waals surface area (Å²) >= 11 is 1.65. The number of carbonyl (C=O) groups is 1. The summed E-state index contributed by atoms with van der Waals surface area (Å²) in [4.78, 5) is 13.2. The van der Waals surface area contributed by atoms with Gasteiger partial charge in [-0.25, -0.2) is 0 Å². The van der Waals surface area contributed by atoms with Gasteiger partial charge in [-0.1, -0.05) is 28.9 Å². The zero-order valence-electron chi connectivity index (χ0n) is 15.1. The highest BCUT2D eigenvalue weighted by Gasteiger charge is 2.12. The monoisotopic (exact) mass is 367 g/mol. The van der Waals surface area contributed by atoms with Crippen LogP contribution in [-0.2, 0) is 4.79 Å². The van der Waals surface area contributed by atoms with E-state index in [9.17, 15) is 4.79 Å². The van der Waals surface area contributed by atoms with E-state index in [-0.39, 0.29) is 11.9 Å². The van der Waals surface area contributed by atoms with Crippen LogP contribution in [0.5, 0.6) is 0 Å². The Balaban J connectivity index is 1.52. The van der Waals surface area contributed by atoms with Crippen LogP contribution in [0.3, 0.4) is 0 Å². The third-order valence-corrected chi connectivity index (χ3v) is 5.06. The number of aryl methyl sites for hydroxylation is 3. The van der Waals surface area contributed by atoms with Crippen molar-refractivity contribution < 1.29 is 9.21 Å². The minimum absolute atomic E-state index is 0.128. The maximum atomic E-state index is 12.0. The first-order chi connectivity index (χ1) is 12.5. The Hall–Kier alpha value is -2.60. The molecule has 6 heteroatoms. The molecular formula is C20H21N3O2S. The molecule has 0 aliphatic carbocycles. The van der Waals surface area contributed by atoms with Gasteiger partial charge >= 0.3 is 6.01 Å². The Morgan fingerprint density at radius 3 is 2.54 bits per heavy atom. The van der Waals surface area contributed by atoms with Gasteiger partial charge in [0.2, 0.25) is 11.8 Å². The lowest BCUT2D eigenvalue weighted by atomic mass is 10.1. The van der Waals surface area contributed by atoms with Crippen molar-refractivity contribution in [2.24, 2.45) is 0 Å². The Labute approximate surface area is 157 Å². The Morgan fingerprint density at radius 1 is 1.04 bits per heavy atom. The number of amides is 1. The molecule has 0 bridgehead atoms. The topological polar surface area (TPSA) is 68.0 Å². The Bertz CT molecular complexity index is 904. The minimum Gasteiger partial charge on any atom is -0.403 e. The first-order valence-electron chi connectivity index (χ1n) is 8.42. The number of benzene rings is 2. The summed E-state index contributed by atoms with van der Waals surface area (Å²) in [6.07, 6.45) is 0.375. The van der Waals surface area contributed by atoms with E-state index in [1.807, 2.05) is 32.0 Å². The van der Waals surface area contributed by atoms with Gasteiger partial charge in [0.1, 0.15) is 0 Å². The second-order valence-corrected chi connectivity index (χ2v) is 7.34. The van der Waals surface area contributed by atoms with Crippen molar-refractivity contribution in [2.45, 2.75) is 32.1 Å². The summed E-state index contributed by atoms with van der Waals surface area (Å²) in [5.41, 5.74) is 4.42. The quantitative estimate of drug-likeness (QED) is 0.635. The van der Waals surface area contributed by atoms with Gasteiger partial charge in [-0.2, -0.15) is 0 Å². The molecule has 1 amide bonds. The van der Waals surface area contributed by atoms with E-state index in [4.69, 9.17) is 4.42 Å². The fraction of sp³-hybridized carbons (Fsp3) is 0.250. The SMILES string of the molecule is Cc1ccc(SCCC(=O)Nc2nnc(-c3ccc(C)c(C)c3)o2)cc1. The summed E-state index contributed by atoms with van der Waals surface area (Å²) < 4.78 is 5.55. The summed E-state index contributed by atoms with van der Waals surface area (Å²) in [5.74, 6) is 0.949. The minimum atomic E-state index is -0.139. The number of nitrogens with one attached hydrogen (secondary N) is 1. The van der Waals surface area contributed by atoms with E-state index >= 15 is 0 Å². The molecule has 26 heavy (non-hydrogen) atoms. The van der Waals surface area contributed by atoms with Crippen molar-refractivity contribution >= 4 is 23.7 Å². The number of rotatable bonds is 6. The van der Waals surface area contributed by atoms with Crippen LogP contribution in [0.15, 0.2) is 51.8 Å². The van der Waals surface area contributed by atoms with Gasteiger partial charge in [0.15, 0.2) is 0 Å². The lowest BCUT2D eigenvalue weighted by molar-refractivity contribution is -0.115. The second-order valence-electron chi connectivity index (χ2n) is 6.17. The van der Waals surface area contributed by atoms with E-state index in [1.54, 1.807) is 11.8 Å². The first kappa shape index (κ1) is 18.2. The molecule has 134 valence electrons. The number of nitrogens with zero attached hydrogens (tertiary/aromatic N) is 2. The number of carbonyl (C=O) groups excluding carboxylic acids is 1. The molecule has 0 aliphatic rings. The van der Waals surface area contributed by atoms with Crippen molar-refractivity contribution in [3.63, 3.8) is 0 Å². The molecule has 2 aromatic carbocycles. The number of hydrogen-bond acceptors (Lipinski definition) is 5. The molecular weight excluding hydrogens is 346 g/mol. The van der Waals surface area contributed by atoms with Gasteiger partial charge in [0.25, 0.3) is 0 Å². The zero-order valence-corrected chi connectivity index (χ0v) is 15.9. The maximum Gasteiger partial charge on any atom is 0.322 e. The molecule has 5 nitrogen and oxygen atoms in total. The van der Waals surface area contributed by atoms with Gasteiger partial charge in [-0.3, -0.25) is 10.1 Å². The van der Waals surface area contributed by atoms with E-state index in [0.29, 0.717) is 18.1 Å². The lowest BCUT2D eigenvalue weighted by Crippen LogP contribution is -2.12. The summed E-state index contributed by atoms with van der Waals surface area (Å²) in [6, 6.07) is 14.3. The highest BCUT2D eigenvalue weighted by atomic mass is 32.2. The number of hydrogen-bond donors (Lipinski definition) is 1. The number of anilines is 1. The van der Waals surface area contributed by atoms with Crippen molar-refractivity contribution in [1.29, 1.82) is 0 Å². The van der Waals surface area contributed by atoms with Crippen molar-refractivity contribution in [3.8, 4) is 11.5 Å². The largest absolute Gasteiger partial charge is 0.403 e. The van der Waals surface area contributed by atoms with Gasteiger partial charge in [0, 0.05) is 22.6 Å². The van der Waals surface area contributed by atoms with Crippen LogP contribution in [-0.4, -0.2) is 21.9 Å². The number of aromatic nitrogens is 2. The third-order valence-electron chi connectivity index (χ3n) is 4.04. The van der Waals surface area contributed by atoms with Gasteiger partial charge in [-0.05, 0) is 56.2 Å². The van der Waals surface area contributed by atoms with Crippen LogP contribution in [0, 0.1) is 20.8 Å². The summed E-state index contributed by atoms with van der Waals surface area (Å²) in [7, 11) is 0. The predicted octanol–water partition coefficient (Wildman–Crippen LogP) is 4.78. The molecule has 0 radical (unpaired) electrons. The molecule has 1 N–H and O–H groups in total. The normalized spacial score (nSPS) is 10.7. The highest BCUT2D eigenvalue weighted by molar-refractivity contribution is 7.99. The smallest absolute Gasteiger partial charge is 0.322 e. The molecule has 1 aromatic heterocycles. The summed E-state index contributed by atoms with van der Waals surface area (Å²) in [5, 5.41) is 10.6. The van der Waals surface area contributed by atoms with E-state index in [0.717, 1.165) is 16.0 Å². The van der Waals surface area contributed by atoms with E-state index in [1.165, 1.54) is 11.1 Å². The zero-order chi connectivity index (χ0) is 18.5. The Kier molecular flexibility index (Phi) is 5.73. The molecule has 0 saturated heterocycles. The molecule has 0 atom stereocenters. The first-order valence-corrected chi connectivity index (χ1v) is 9.40. The molecule has 0 spiro atoms. The van der Waals surface area contributed by atoms with Gasteiger partial charge < -0.3 is 4.42 Å².